The highest BCUT2D eigenvalue weighted by Crippen LogP contribution is 2.36. The molecule has 2 heterocycles. The molecule has 0 aliphatic carbocycles. The summed E-state index contributed by atoms with van der Waals surface area (Å²) in [6, 6.07) is -0.817. The minimum Gasteiger partial charge on any atom is -0.462 e. The van der Waals surface area contributed by atoms with E-state index in [1.807, 2.05) is 0 Å². The summed E-state index contributed by atoms with van der Waals surface area (Å²) in [5, 5.41) is 10.2. The number of carbonyl (C=O) groups excluding carboxylic acids is 2. The maximum absolute atomic E-state index is 12.1. The van der Waals surface area contributed by atoms with Crippen molar-refractivity contribution in [3.8, 4) is 0 Å². The molecule has 2 saturated heterocycles. The van der Waals surface area contributed by atoms with Crippen LogP contribution in [-0.2, 0) is 28.5 Å². The second kappa shape index (κ2) is 5.61. The molecule has 8 nitrogen and oxygen atoms in total. The molecule has 3 unspecified atom stereocenters. The molecule has 0 aromatic rings. The highest BCUT2D eigenvalue weighted by atomic mass is 16.8. The minimum atomic E-state index is -0.881. The van der Waals surface area contributed by atoms with E-state index in [4.69, 9.17) is 24.4 Å². The highest BCUT2D eigenvalue weighted by molar-refractivity contribution is 5.86. The number of esters is 2. The van der Waals surface area contributed by atoms with Crippen molar-refractivity contribution in [1.82, 2.24) is 5.32 Å². The van der Waals surface area contributed by atoms with E-state index in [9.17, 15) is 9.59 Å². The molecule has 2 aliphatic rings. The molecule has 2 rings (SSSR count). The third-order valence-electron chi connectivity index (χ3n) is 3.20. The monoisotopic (exact) mass is 300 g/mol. The van der Waals surface area contributed by atoms with Crippen molar-refractivity contribution >= 4 is 17.8 Å². The van der Waals surface area contributed by atoms with Crippen LogP contribution < -0.4 is 5.32 Å². The quantitative estimate of drug-likeness (QED) is 0.427. The second-order valence-corrected chi connectivity index (χ2v) is 5.59. The molecule has 8 heteroatoms. The van der Waals surface area contributed by atoms with Gasteiger partial charge < -0.3 is 24.3 Å². The molecule has 0 saturated carbocycles. The van der Waals surface area contributed by atoms with E-state index in [2.05, 4.69) is 5.32 Å². The van der Waals surface area contributed by atoms with Gasteiger partial charge in [-0.25, -0.2) is 4.79 Å². The summed E-state index contributed by atoms with van der Waals surface area (Å²) < 4.78 is 21.7. The Hall–Kier alpha value is -1.67. The first-order chi connectivity index (χ1) is 9.69. The number of fused-ring (bicyclic) bond motifs is 1. The number of rotatable bonds is 3. The molecule has 0 spiro atoms. The summed E-state index contributed by atoms with van der Waals surface area (Å²) in [4.78, 5) is 23.0. The lowest BCUT2D eigenvalue weighted by molar-refractivity contribution is -0.182. The summed E-state index contributed by atoms with van der Waals surface area (Å²) in [6.45, 7) is 6.17. The van der Waals surface area contributed by atoms with Gasteiger partial charge in [0.1, 0.15) is 18.8 Å². The molecular weight excluding hydrogens is 280 g/mol. The van der Waals surface area contributed by atoms with Gasteiger partial charge >= 0.3 is 11.9 Å². The Kier molecular flexibility index (Phi) is 4.20. The van der Waals surface area contributed by atoms with E-state index in [0.717, 1.165) is 0 Å². The molecule has 2 N–H and O–H groups in total. The fourth-order valence-electron chi connectivity index (χ4n) is 2.49. The van der Waals surface area contributed by atoms with Gasteiger partial charge in [-0.3, -0.25) is 10.2 Å². The Bertz CT molecular complexity index is 464. The van der Waals surface area contributed by atoms with Gasteiger partial charge in [0, 0.05) is 6.92 Å². The van der Waals surface area contributed by atoms with Crippen molar-refractivity contribution in [3.05, 3.63) is 0 Å². The molecule has 21 heavy (non-hydrogen) atoms. The summed E-state index contributed by atoms with van der Waals surface area (Å²) in [5.74, 6) is -1.77. The smallest absolute Gasteiger partial charge is 0.331 e. The van der Waals surface area contributed by atoms with E-state index >= 15 is 0 Å². The average molecular weight is 300 g/mol. The molecule has 0 radical (unpaired) electrons. The van der Waals surface area contributed by atoms with Gasteiger partial charge in [-0.1, -0.05) is 0 Å². The standard InChI is InChI=1S/C13H20N2O6/c1-6(14)15-9-11-10(20-13(3,4)21-11)8(19-12(9)17)5-18-7(2)16/h8-11H,5H2,1-4H3,(H2,14,15)/t8?,9?,10-,11?/m0/s1. The number of carbonyl (C=O) groups is 2. The van der Waals surface area contributed by atoms with Gasteiger partial charge in [0.05, 0.1) is 5.84 Å². The minimum absolute atomic E-state index is 0.0853. The van der Waals surface area contributed by atoms with E-state index in [-0.39, 0.29) is 12.4 Å². The van der Waals surface area contributed by atoms with Crippen molar-refractivity contribution in [3.63, 3.8) is 0 Å². The number of nitrogens with one attached hydrogen (secondary N) is 2. The number of amidine groups is 1. The van der Waals surface area contributed by atoms with Crippen LogP contribution in [0.25, 0.3) is 0 Å². The fraction of sp³-hybridized carbons (Fsp3) is 0.769. The van der Waals surface area contributed by atoms with E-state index < -0.39 is 42.1 Å². The first-order valence-electron chi connectivity index (χ1n) is 6.71. The highest BCUT2D eigenvalue weighted by Gasteiger charge is 2.56. The van der Waals surface area contributed by atoms with Gasteiger partial charge in [-0.05, 0) is 20.8 Å². The largest absolute Gasteiger partial charge is 0.462 e. The maximum atomic E-state index is 12.1. The lowest BCUT2D eigenvalue weighted by atomic mass is 9.98. The Morgan fingerprint density at radius 3 is 2.52 bits per heavy atom. The van der Waals surface area contributed by atoms with Crippen molar-refractivity contribution < 1.29 is 28.5 Å². The number of ether oxygens (including phenoxy) is 4. The Labute approximate surface area is 122 Å². The van der Waals surface area contributed by atoms with Gasteiger partial charge in [-0.15, -0.1) is 0 Å². The van der Waals surface area contributed by atoms with Crippen LogP contribution in [-0.4, -0.2) is 54.5 Å². The number of hydrogen-bond acceptors (Lipinski definition) is 7. The lowest BCUT2D eigenvalue weighted by Gasteiger charge is -2.35. The molecule has 0 bridgehead atoms. The topological polar surface area (TPSA) is 107 Å². The normalized spacial score (nSPS) is 33.8. The van der Waals surface area contributed by atoms with Crippen molar-refractivity contribution in [2.75, 3.05) is 6.61 Å². The van der Waals surface area contributed by atoms with Crippen molar-refractivity contribution in [1.29, 1.82) is 5.41 Å². The number of cyclic esters (lactones) is 1. The Morgan fingerprint density at radius 2 is 1.95 bits per heavy atom. The first-order valence-corrected chi connectivity index (χ1v) is 6.71. The van der Waals surface area contributed by atoms with Crippen LogP contribution >= 0.6 is 0 Å². The average Bonchev–Trinajstić information content (AvgIpc) is 2.66. The van der Waals surface area contributed by atoms with E-state index in [0.29, 0.717) is 0 Å². The zero-order chi connectivity index (χ0) is 15.8. The van der Waals surface area contributed by atoms with Crippen molar-refractivity contribution in [2.45, 2.75) is 57.8 Å². The van der Waals surface area contributed by atoms with Crippen LogP contribution in [0.4, 0.5) is 0 Å². The molecule has 0 aromatic heterocycles. The number of hydrogen-bond donors (Lipinski definition) is 2. The molecule has 0 amide bonds. The SMILES string of the molecule is CC(=N)NC1C(=O)OC(COC(C)=O)[C@@H]2OC(C)(C)OC12. The molecule has 0 aromatic carbocycles. The van der Waals surface area contributed by atoms with Crippen LogP contribution in [0.1, 0.15) is 27.7 Å². The maximum Gasteiger partial charge on any atom is 0.331 e. The van der Waals surface area contributed by atoms with Gasteiger partial charge in [0.2, 0.25) is 0 Å². The predicted octanol–water partition coefficient (Wildman–Crippen LogP) is -0.0496. The summed E-state index contributed by atoms with van der Waals surface area (Å²) in [7, 11) is 0. The predicted molar refractivity (Wildman–Crippen MR) is 70.7 cm³/mol. The van der Waals surface area contributed by atoms with Crippen LogP contribution in [0.5, 0.6) is 0 Å². The van der Waals surface area contributed by atoms with Crippen molar-refractivity contribution in [2.24, 2.45) is 0 Å². The van der Waals surface area contributed by atoms with Crippen LogP contribution in [0, 0.1) is 5.41 Å². The van der Waals surface area contributed by atoms with Crippen LogP contribution in [0.3, 0.4) is 0 Å². The summed E-state index contributed by atoms with van der Waals surface area (Å²) in [5.41, 5.74) is 0. The van der Waals surface area contributed by atoms with Crippen LogP contribution in [0.2, 0.25) is 0 Å². The van der Waals surface area contributed by atoms with E-state index in [1.165, 1.54) is 13.8 Å². The van der Waals surface area contributed by atoms with Crippen LogP contribution in [0.15, 0.2) is 0 Å². The lowest BCUT2D eigenvalue weighted by Crippen LogP contribution is -2.61. The third kappa shape index (κ3) is 3.51. The second-order valence-electron chi connectivity index (χ2n) is 5.59. The van der Waals surface area contributed by atoms with Gasteiger partial charge in [0.15, 0.2) is 17.9 Å². The zero-order valence-electron chi connectivity index (χ0n) is 12.5. The fourth-order valence-corrected chi connectivity index (χ4v) is 2.49. The van der Waals surface area contributed by atoms with Gasteiger partial charge in [0.25, 0.3) is 0 Å². The molecule has 2 fully saturated rings. The summed E-state index contributed by atoms with van der Waals surface area (Å²) >= 11 is 0. The molecular formula is C13H20N2O6. The first kappa shape index (κ1) is 15.7. The molecule has 2 aliphatic heterocycles. The van der Waals surface area contributed by atoms with E-state index in [1.54, 1.807) is 13.8 Å². The third-order valence-corrected chi connectivity index (χ3v) is 3.20. The summed E-state index contributed by atoms with van der Waals surface area (Å²) in [6.07, 6.45) is -1.90. The molecule has 118 valence electrons. The van der Waals surface area contributed by atoms with Gasteiger partial charge in [-0.2, -0.15) is 0 Å². The Balaban J connectivity index is 2.17. The Morgan fingerprint density at radius 1 is 1.33 bits per heavy atom. The molecule has 4 atom stereocenters. The zero-order valence-corrected chi connectivity index (χ0v) is 12.5.